The monoisotopic (exact) mass is 395 g/mol. The van der Waals surface area contributed by atoms with Gasteiger partial charge in [-0.3, -0.25) is 14.1 Å². The molecule has 3 aromatic rings. The van der Waals surface area contributed by atoms with E-state index in [-0.39, 0.29) is 10.8 Å². The van der Waals surface area contributed by atoms with Crippen LogP contribution in [0.4, 0.5) is 5.69 Å². The largest absolute Gasteiger partial charge is 0.348 e. The fraction of sp³-hybridized carbons (Fsp3) is 0.143. The first-order valence-electron chi connectivity index (χ1n) is 8.71. The Morgan fingerprint density at radius 2 is 1.71 bits per heavy atom. The molecular formula is C21H21N3O3S. The molecule has 0 aliphatic rings. The predicted molar refractivity (Wildman–Crippen MR) is 109 cm³/mol. The molecule has 0 unspecified atom stereocenters. The quantitative estimate of drug-likeness (QED) is 0.695. The molecule has 0 fully saturated rings. The van der Waals surface area contributed by atoms with Crippen LogP contribution in [0, 0.1) is 6.92 Å². The molecule has 0 aliphatic carbocycles. The number of carbonyl (C=O) groups is 1. The van der Waals surface area contributed by atoms with Crippen LogP contribution >= 0.6 is 0 Å². The lowest BCUT2D eigenvalue weighted by Crippen LogP contribution is -2.28. The molecule has 28 heavy (non-hydrogen) atoms. The maximum atomic E-state index is 12.7. The van der Waals surface area contributed by atoms with Crippen molar-refractivity contribution in [2.45, 2.75) is 18.4 Å². The molecule has 144 valence electrons. The zero-order valence-corrected chi connectivity index (χ0v) is 16.5. The highest BCUT2D eigenvalue weighted by atomic mass is 32.2. The number of carbonyl (C=O) groups excluding carboxylic acids is 1. The zero-order valence-electron chi connectivity index (χ0n) is 15.7. The summed E-state index contributed by atoms with van der Waals surface area (Å²) in [6.45, 7) is 2.38. The molecule has 1 aromatic heterocycles. The Morgan fingerprint density at radius 1 is 1.04 bits per heavy atom. The molecule has 1 N–H and O–H groups in total. The fourth-order valence-electron chi connectivity index (χ4n) is 2.60. The maximum Gasteiger partial charge on any atom is 0.264 e. The second-order valence-electron chi connectivity index (χ2n) is 6.39. The molecule has 0 saturated heterocycles. The Balaban J connectivity index is 1.76. The lowest BCUT2D eigenvalue weighted by molar-refractivity contribution is 0.0950. The minimum absolute atomic E-state index is 0.173. The number of aryl methyl sites for hydroxylation is 1. The van der Waals surface area contributed by atoms with Gasteiger partial charge in [0.15, 0.2) is 0 Å². The third-order valence-electron chi connectivity index (χ3n) is 4.32. The summed E-state index contributed by atoms with van der Waals surface area (Å²) >= 11 is 0. The van der Waals surface area contributed by atoms with Gasteiger partial charge in [-0.15, -0.1) is 0 Å². The van der Waals surface area contributed by atoms with E-state index in [1.165, 1.54) is 37.6 Å². The van der Waals surface area contributed by atoms with Gasteiger partial charge in [-0.25, -0.2) is 8.42 Å². The van der Waals surface area contributed by atoms with Gasteiger partial charge in [-0.05, 0) is 30.7 Å². The first kappa shape index (κ1) is 19.6. The van der Waals surface area contributed by atoms with Crippen LogP contribution in [-0.2, 0) is 16.6 Å². The Kier molecular flexibility index (Phi) is 5.75. The molecule has 0 spiro atoms. The summed E-state index contributed by atoms with van der Waals surface area (Å²) in [6.07, 6.45) is 2.83. The average molecular weight is 395 g/mol. The summed E-state index contributed by atoms with van der Waals surface area (Å²) in [6, 6.07) is 17.5. The van der Waals surface area contributed by atoms with Crippen molar-refractivity contribution in [2.75, 3.05) is 11.4 Å². The van der Waals surface area contributed by atoms with Crippen molar-refractivity contribution < 1.29 is 13.2 Å². The van der Waals surface area contributed by atoms with Crippen LogP contribution < -0.4 is 9.62 Å². The second-order valence-corrected chi connectivity index (χ2v) is 8.35. The van der Waals surface area contributed by atoms with Crippen molar-refractivity contribution in [2.24, 2.45) is 0 Å². The minimum atomic E-state index is -3.73. The van der Waals surface area contributed by atoms with E-state index in [9.17, 15) is 13.2 Å². The van der Waals surface area contributed by atoms with Crippen LogP contribution in [0.2, 0.25) is 0 Å². The van der Waals surface area contributed by atoms with E-state index in [1.54, 1.807) is 18.2 Å². The number of nitrogens with zero attached hydrogens (tertiary/aromatic N) is 2. The fourth-order valence-corrected chi connectivity index (χ4v) is 3.80. The molecule has 0 atom stereocenters. The zero-order chi connectivity index (χ0) is 20.1. The van der Waals surface area contributed by atoms with Crippen LogP contribution in [0.25, 0.3) is 0 Å². The van der Waals surface area contributed by atoms with E-state index in [2.05, 4.69) is 10.3 Å². The molecule has 0 bridgehead atoms. The molecule has 1 heterocycles. The van der Waals surface area contributed by atoms with Gasteiger partial charge in [-0.2, -0.15) is 0 Å². The summed E-state index contributed by atoms with van der Waals surface area (Å²) < 4.78 is 26.6. The summed E-state index contributed by atoms with van der Waals surface area (Å²) in [4.78, 5) is 16.7. The highest BCUT2D eigenvalue weighted by molar-refractivity contribution is 7.92. The number of sulfonamides is 1. The Morgan fingerprint density at radius 3 is 2.39 bits per heavy atom. The number of benzene rings is 2. The van der Waals surface area contributed by atoms with Crippen LogP contribution in [-0.4, -0.2) is 26.4 Å². The van der Waals surface area contributed by atoms with E-state index < -0.39 is 10.0 Å². The van der Waals surface area contributed by atoms with E-state index in [4.69, 9.17) is 0 Å². The normalized spacial score (nSPS) is 11.1. The number of hydrogen-bond acceptors (Lipinski definition) is 4. The van der Waals surface area contributed by atoms with E-state index in [1.807, 2.05) is 31.2 Å². The average Bonchev–Trinajstić information content (AvgIpc) is 2.73. The Hall–Kier alpha value is -3.19. The number of hydrogen-bond donors (Lipinski definition) is 1. The van der Waals surface area contributed by atoms with Gasteiger partial charge >= 0.3 is 0 Å². The molecule has 1 amide bonds. The second kappa shape index (κ2) is 8.22. The standard InChI is InChI=1S/C21H21N3O3S/c1-16-8-10-17(11-9-16)13-23-21(25)18-12-19(15-22-14-18)24(2)28(26,27)20-6-4-3-5-7-20/h3-12,14-15H,13H2,1-2H3,(H,23,25). The van der Waals surface area contributed by atoms with Crippen LogP contribution in [0.3, 0.4) is 0 Å². The Bertz CT molecular complexity index is 1070. The first-order chi connectivity index (χ1) is 13.4. The molecule has 6 nitrogen and oxygen atoms in total. The van der Waals surface area contributed by atoms with Crippen molar-refractivity contribution >= 4 is 21.6 Å². The lowest BCUT2D eigenvalue weighted by atomic mass is 10.1. The van der Waals surface area contributed by atoms with Gasteiger partial charge < -0.3 is 5.32 Å². The van der Waals surface area contributed by atoms with Crippen molar-refractivity contribution in [1.82, 2.24) is 10.3 Å². The SMILES string of the molecule is Cc1ccc(CNC(=O)c2cncc(N(C)S(=O)(=O)c3ccccc3)c2)cc1. The van der Waals surface area contributed by atoms with Gasteiger partial charge in [0.2, 0.25) is 0 Å². The molecule has 0 saturated carbocycles. The maximum absolute atomic E-state index is 12.7. The number of rotatable bonds is 6. The van der Waals surface area contributed by atoms with Gasteiger partial charge in [-0.1, -0.05) is 48.0 Å². The molecule has 7 heteroatoms. The molecular weight excluding hydrogens is 374 g/mol. The van der Waals surface area contributed by atoms with Gasteiger partial charge in [0.1, 0.15) is 0 Å². The molecule has 0 radical (unpaired) electrons. The molecule has 0 aliphatic heterocycles. The van der Waals surface area contributed by atoms with Gasteiger partial charge in [0, 0.05) is 19.8 Å². The summed E-state index contributed by atoms with van der Waals surface area (Å²) in [7, 11) is -2.29. The third kappa shape index (κ3) is 4.37. The van der Waals surface area contributed by atoms with Crippen molar-refractivity contribution in [3.05, 3.63) is 89.7 Å². The van der Waals surface area contributed by atoms with Crippen molar-refractivity contribution in [3.8, 4) is 0 Å². The van der Waals surface area contributed by atoms with Crippen molar-refractivity contribution in [3.63, 3.8) is 0 Å². The minimum Gasteiger partial charge on any atom is -0.348 e. The number of anilines is 1. The lowest BCUT2D eigenvalue weighted by Gasteiger charge is -2.19. The Labute approximate surface area is 164 Å². The summed E-state index contributed by atoms with van der Waals surface area (Å²) in [5.41, 5.74) is 2.73. The highest BCUT2D eigenvalue weighted by Gasteiger charge is 2.22. The summed E-state index contributed by atoms with van der Waals surface area (Å²) in [5.74, 6) is -0.319. The topological polar surface area (TPSA) is 79.4 Å². The third-order valence-corrected chi connectivity index (χ3v) is 6.12. The van der Waals surface area contributed by atoms with E-state index in [0.717, 1.165) is 15.4 Å². The van der Waals surface area contributed by atoms with Crippen LogP contribution in [0.15, 0.2) is 78.0 Å². The first-order valence-corrected chi connectivity index (χ1v) is 10.1. The van der Waals surface area contributed by atoms with E-state index >= 15 is 0 Å². The van der Waals surface area contributed by atoms with Gasteiger partial charge in [0.25, 0.3) is 15.9 Å². The number of pyridine rings is 1. The predicted octanol–water partition coefficient (Wildman–Crippen LogP) is 3.15. The molecule has 3 rings (SSSR count). The smallest absolute Gasteiger partial charge is 0.264 e. The summed E-state index contributed by atoms with van der Waals surface area (Å²) in [5, 5.41) is 2.82. The highest BCUT2D eigenvalue weighted by Crippen LogP contribution is 2.22. The van der Waals surface area contributed by atoms with Gasteiger partial charge in [0.05, 0.1) is 22.3 Å². The number of amides is 1. The van der Waals surface area contributed by atoms with Crippen LogP contribution in [0.5, 0.6) is 0 Å². The number of nitrogens with one attached hydrogen (secondary N) is 1. The number of aromatic nitrogens is 1. The molecule has 2 aromatic carbocycles. The van der Waals surface area contributed by atoms with E-state index in [0.29, 0.717) is 17.8 Å². The van der Waals surface area contributed by atoms with Crippen LogP contribution in [0.1, 0.15) is 21.5 Å². The van der Waals surface area contributed by atoms with Crippen molar-refractivity contribution in [1.29, 1.82) is 0 Å².